The fourth-order valence-electron chi connectivity index (χ4n) is 2.26. The normalized spacial score (nSPS) is 17.1. The first-order valence-electron chi connectivity index (χ1n) is 7.77. The van der Waals surface area contributed by atoms with E-state index < -0.39 is 0 Å². The number of nitrogens with zero attached hydrogens (tertiary/aromatic N) is 4. The molecule has 2 N–H and O–H groups in total. The Morgan fingerprint density at radius 1 is 1.48 bits per heavy atom. The average Bonchev–Trinajstić information content (AvgIpc) is 3.17. The lowest BCUT2D eigenvalue weighted by molar-refractivity contribution is 0.306. The maximum atomic E-state index is 4.74. The molecule has 1 atom stereocenters. The van der Waals surface area contributed by atoms with Gasteiger partial charge in [0, 0.05) is 31.9 Å². The number of aromatic nitrogens is 2. The molecule has 0 bridgehead atoms. The summed E-state index contributed by atoms with van der Waals surface area (Å²) < 4.78 is 1.84. The molecule has 118 valence electrons. The summed E-state index contributed by atoms with van der Waals surface area (Å²) in [4.78, 5) is 6.92. The molecule has 1 saturated carbocycles. The van der Waals surface area contributed by atoms with Gasteiger partial charge in [0.25, 0.3) is 0 Å². The van der Waals surface area contributed by atoms with Crippen LogP contribution >= 0.6 is 0 Å². The fraction of sp³-hybridized carbons (Fsp3) is 0.733. The molecule has 21 heavy (non-hydrogen) atoms. The molecule has 6 heteroatoms. The minimum Gasteiger partial charge on any atom is -0.357 e. The summed E-state index contributed by atoms with van der Waals surface area (Å²) >= 11 is 0. The van der Waals surface area contributed by atoms with E-state index in [2.05, 4.69) is 47.8 Å². The van der Waals surface area contributed by atoms with Crippen molar-refractivity contribution in [2.45, 2.75) is 25.8 Å². The van der Waals surface area contributed by atoms with Crippen molar-refractivity contribution in [2.24, 2.45) is 18.0 Å². The second kappa shape index (κ2) is 7.45. The zero-order valence-electron chi connectivity index (χ0n) is 13.6. The van der Waals surface area contributed by atoms with Gasteiger partial charge in [-0.25, -0.2) is 0 Å². The van der Waals surface area contributed by atoms with E-state index in [9.17, 15) is 0 Å². The van der Waals surface area contributed by atoms with E-state index in [0.717, 1.165) is 31.5 Å². The van der Waals surface area contributed by atoms with E-state index in [0.29, 0.717) is 0 Å². The smallest absolute Gasteiger partial charge is 0.191 e. The van der Waals surface area contributed by atoms with Crippen LogP contribution in [0.2, 0.25) is 0 Å². The summed E-state index contributed by atoms with van der Waals surface area (Å²) in [6.07, 6.45) is 6.68. The van der Waals surface area contributed by atoms with Crippen LogP contribution in [0.25, 0.3) is 0 Å². The molecule has 2 rings (SSSR count). The van der Waals surface area contributed by atoms with E-state index in [4.69, 9.17) is 4.99 Å². The monoisotopic (exact) mass is 292 g/mol. The van der Waals surface area contributed by atoms with Gasteiger partial charge in [0.1, 0.15) is 0 Å². The van der Waals surface area contributed by atoms with E-state index in [1.807, 2.05) is 17.9 Å². The molecule has 1 aliphatic carbocycles. The van der Waals surface area contributed by atoms with Crippen LogP contribution in [0.3, 0.4) is 0 Å². The molecule has 0 aliphatic heterocycles. The molecule has 6 nitrogen and oxygen atoms in total. The zero-order valence-corrected chi connectivity index (χ0v) is 13.6. The second-order valence-corrected chi connectivity index (χ2v) is 5.97. The molecule has 1 heterocycles. The lowest BCUT2D eigenvalue weighted by atomic mass is 10.1. The molecule has 1 aromatic heterocycles. The molecule has 1 aliphatic rings. The van der Waals surface area contributed by atoms with Crippen LogP contribution < -0.4 is 10.6 Å². The van der Waals surface area contributed by atoms with Crippen LogP contribution in [0.5, 0.6) is 0 Å². The average molecular weight is 292 g/mol. The maximum absolute atomic E-state index is 4.74. The van der Waals surface area contributed by atoms with E-state index in [1.165, 1.54) is 18.4 Å². The number of nitrogens with one attached hydrogen (secondary N) is 2. The Labute approximate surface area is 127 Å². The molecule has 0 amide bonds. The van der Waals surface area contributed by atoms with Gasteiger partial charge < -0.3 is 15.5 Å². The third-order valence-corrected chi connectivity index (χ3v) is 3.75. The second-order valence-electron chi connectivity index (χ2n) is 5.97. The predicted octanol–water partition coefficient (Wildman–Crippen LogP) is 0.988. The Hall–Kier alpha value is -1.56. The summed E-state index contributed by atoms with van der Waals surface area (Å²) in [7, 11) is 6.11. The van der Waals surface area contributed by atoms with E-state index in [-0.39, 0.29) is 6.04 Å². The van der Waals surface area contributed by atoms with Gasteiger partial charge in [-0.05, 0) is 39.8 Å². The molecular formula is C15H28N6. The number of aliphatic imine (C=N–C) groups is 1. The third kappa shape index (κ3) is 5.04. The molecular weight excluding hydrogens is 264 g/mol. The summed E-state index contributed by atoms with van der Waals surface area (Å²) in [6.45, 7) is 4.74. The van der Waals surface area contributed by atoms with Crippen LogP contribution in [-0.2, 0) is 7.05 Å². The topological polar surface area (TPSA) is 57.5 Å². The van der Waals surface area contributed by atoms with Crippen molar-refractivity contribution in [2.75, 3.05) is 33.7 Å². The van der Waals surface area contributed by atoms with Gasteiger partial charge in [0.05, 0.1) is 18.8 Å². The van der Waals surface area contributed by atoms with Crippen LogP contribution in [0.4, 0.5) is 0 Å². The number of likely N-dealkylation sites (N-methyl/N-ethyl adjacent to an activating group) is 1. The molecule has 1 aromatic rings. The van der Waals surface area contributed by atoms with Crippen molar-refractivity contribution < 1.29 is 0 Å². The number of aryl methyl sites for hydroxylation is 1. The van der Waals surface area contributed by atoms with Gasteiger partial charge >= 0.3 is 0 Å². The van der Waals surface area contributed by atoms with Crippen molar-refractivity contribution in [3.05, 3.63) is 18.0 Å². The number of hydrogen-bond donors (Lipinski definition) is 2. The first kappa shape index (κ1) is 15.8. The first-order chi connectivity index (χ1) is 10.1. The van der Waals surface area contributed by atoms with Gasteiger partial charge in [-0.15, -0.1) is 0 Å². The summed E-state index contributed by atoms with van der Waals surface area (Å²) in [5, 5.41) is 11.0. The van der Waals surface area contributed by atoms with Crippen molar-refractivity contribution in [3.63, 3.8) is 0 Å². The van der Waals surface area contributed by atoms with E-state index in [1.54, 1.807) is 0 Å². The molecule has 0 spiro atoms. The zero-order chi connectivity index (χ0) is 15.2. The van der Waals surface area contributed by atoms with Gasteiger partial charge in [-0.3, -0.25) is 9.67 Å². The Balaban J connectivity index is 1.97. The lowest BCUT2D eigenvalue weighted by Crippen LogP contribution is -2.39. The molecule has 0 saturated heterocycles. The highest BCUT2D eigenvalue weighted by Gasteiger charge is 2.21. The van der Waals surface area contributed by atoms with Gasteiger partial charge in [0.15, 0.2) is 5.96 Å². The Morgan fingerprint density at radius 2 is 2.24 bits per heavy atom. The van der Waals surface area contributed by atoms with Crippen molar-refractivity contribution in [1.29, 1.82) is 0 Å². The van der Waals surface area contributed by atoms with Crippen molar-refractivity contribution in [1.82, 2.24) is 25.3 Å². The van der Waals surface area contributed by atoms with Crippen LogP contribution in [-0.4, -0.2) is 54.4 Å². The van der Waals surface area contributed by atoms with Gasteiger partial charge in [-0.1, -0.05) is 0 Å². The lowest BCUT2D eigenvalue weighted by Gasteiger charge is -2.22. The standard InChI is InChI=1S/C15H28N6/c1-5-16-15(17-8-12-6-7-12)18-10-14(20(2)3)13-9-19-21(4)11-13/h9,11-12,14H,5-8,10H2,1-4H3,(H2,16,17,18). The molecule has 1 fully saturated rings. The number of hydrogen-bond acceptors (Lipinski definition) is 3. The highest BCUT2D eigenvalue weighted by Crippen LogP contribution is 2.27. The number of guanidine groups is 1. The van der Waals surface area contributed by atoms with Gasteiger partial charge in [-0.2, -0.15) is 5.10 Å². The maximum Gasteiger partial charge on any atom is 0.191 e. The molecule has 0 aromatic carbocycles. The Kier molecular flexibility index (Phi) is 5.61. The minimum absolute atomic E-state index is 0.245. The van der Waals surface area contributed by atoms with Crippen LogP contribution in [0, 0.1) is 5.92 Å². The molecule has 1 unspecified atom stereocenters. The third-order valence-electron chi connectivity index (χ3n) is 3.75. The van der Waals surface area contributed by atoms with Crippen LogP contribution in [0.1, 0.15) is 31.4 Å². The fourth-order valence-corrected chi connectivity index (χ4v) is 2.26. The van der Waals surface area contributed by atoms with Gasteiger partial charge in [0.2, 0.25) is 0 Å². The molecule has 0 radical (unpaired) electrons. The minimum atomic E-state index is 0.245. The SMILES string of the molecule is CCNC(=NCC(c1cnn(C)c1)N(C)C)NCC1CC1. The summed E-state index contributed by atoms with van der Waals surface area (Å²) in [5.74, 6) is 1.76. The Bertz CT molecular complexity index is 460. The largest absolute Gasteiger partial charge is 0.357 e. The summed E-state index contributed by atoms with van der Waals surface area (Å²) in [5.41, 5.74) is 1.20. The number of rotatable bonds is 7. The van der Waals surface area contributed by atoms with Crippen molar-refractivity contribution in [3.8, 4) is 0 Å². The first-order valence-corrected chi connectivity index (χ1v) is 7.77. The van der Waals surface area contributed by atoms with Crippen LogP contribution in [0.15, 0.2) is 17.4 Å². The van der Waals surface area contributed by atoms with Crippen molar-refractivity contribution >= 4 is 5.96 Å². The quantitative estimate of drug-likeness (QED) is 0.581. The predicted molar refractivity (Wildman–Crippen MR) is 86.3 cm³/mol. The highest BCUT2D eigenvalue weighted by atomic mass is 15.2. The van der Waals surface area contributed by atoms with E-state index >= 15 is 0 Å². The Morgan fingerprint density at radius 3 is 2.76 bits per heavy atom. The highest BCUT2D eigenvalue weighted by molar-refractivity contribution is 5.79. The summed E-state index contributed by atoms with van der Waals surface area (Å²) in [6, 6.07) is 0.245.